The standard InChI is InChI=1S/C17H25N3O/c1-13(6-4-7-14(2)19)17(21)20(3)12-16-9-5-8-15(10-16)11-18/h5,8-10,13-14H,4,6-7,12,19H2,1-3H3. The quantitative estimate of drug-likeness (QED) is 0.838. The van der Waals surface area contributed by atoms with E-state index in [1.54, 1.807) is 11.0 Å². The van der Waals surface area contributed by atoms with E-state index >= 15 is 0 Å². The fraction of sp³-hybridized carbons (Fsp3) is 0.529. The molecule has 1 aromatic rings. The molecule has 0 fully saturated rings. The van der Waals surface area contributed by atoms with Gasteiger partial charge in [0.2, 0.25) is 5.91 Å². The van der Waals surface area contributed by atoms with Crippen molar-refractivity contribution < 1.29 is 4.79 Å². The molecule has 0 aliphatic rings. The molecule has 114 valence electrons. The summed E-state index contributed by atoms with van der Waals surface area (Å²) in [4.78, 5) is 14.0. The minimum Gasteiger partial charge on any atom is -0.341 e. The first-order valence-corrected chi connectivity index (χ1v) is 7.43. The smallest absolute Gasteiger partial charge is 0.225 e. The molecule has 2 N–H and O–H groups in total. The van der Waals surface area contributed by atoms with Gasteiger partial charge >= 0.3 is 0 Å². The van der Waals surface area contributed by atoms with Gasteiger partial charge in [-0.05, 0) is 37.5 Å². The Morgan fingerprint density at radius 3 is 2.71 bits per heavy atom. The largest absolute Gasteiger partial charge is 0.341 e. The zero-order chi connectivity index (χ0) is 15.8. The average molecular weight is 287 g/mol. The Morgan fingerprint density at radius 2 is 2.10 bits per heavy atom. The number of hydrogen-bond acceptors (Lipinski definition) is 3. The molecule has 0 spiro atoms. The summed E-state index contributed by atoms with van der Waals surface area (Å²) in [6.07, 6.45) is 2.79. The van der Waals surface area contributed by atoms with Crippen LogP contribution in [0.4, 0.5) is 0 Å². The number of benzene rings is 1. The third-order valence-corrected chi connectivity index (χ3v) is 3.57. The molecule has 0 aliphatic heterocycles. The van der Waals surface area contributed by atoms with Gasteiger partial charge in [0.15, 0.2) is 0 Å². The third kappa shape index (κ3) is 5.97. The molecular formula is C17H25N3O. The maximum atomic E-state index is 12.3. The molecule has 1 amide bonds. The van der Waals surface area contributed by atoms with Crippen molar-refractivity contribution in [3.63, 3.8) is 0 Å². The highest BCUT2D eigenvalue weighted by molar-refractivity contribution is 5.78. The molecule has 4 nitrogen and oxygen atoms in total. The summed E-state index contributed by atoms with van der Waals surface area (Å²) in [6, 6.07) is 9.68. The van der Waals surface area contributed by atoms with Crippen molar-refractivity contribution in [2.45, 2.75) is 45.7 Å². The predicted molar refractivity (Wildman–Crippen MR) is 84.3 cm³/mol. The summed E-state index contributed by atoms with van der Waals surface area (Å²) in [7, 11) is 1.81. The van der Waals surface area contributed by atoms with Crippen LogP contribution in [0.15, 0.2) is 24.3 Å². The lowest BCUT2D eigenvalue weighted by molar-refractivity contribution is -0.134. The molecule has 0 aliphatic carbocycles. The van der Waals surface area contributed by atoms with Crippen molar-refractivity contribution in [2.24, 2.45) is 11.7 Å². The van der Waals surface area contributed by atoms with Gasteiger partial charge in [-0.25, -0.2) is 0 Å². The first-order valence-electron chi connectivity index (χ1n) is 7.43. The fourth-order valence-corrected chi connectivity index (χ4v) is 2.34. The Balaban J connectivity index is 2.51. The highest BCUT2D eigenvalue weighted by atomic mass is 16.2. The van der Waals surface area contributed by atoms with Crippen LogP contribution < -0.4 is 5.73 Å². The first-order chi connectivity index (χ1) is 9.93. The number of nitrogens with two attached hydrogens (primary N) is 1. The van der Waals surface area contributed by atoms with Gasteiger partial charge in [0.05, 0.1) is 11.6 Å². The van der Waals surface area contributed by atoms with Crippen molar-refractivity contribution in [3.8, 4) is 6.07 Å². The highest BCUT2D eigenvalue weighted by Crippen LogP contribution is 2.14. The second-order valence-corrected chi connectivity index (χ2v) is 5.82. The van der Waals surface area contributed by atoms with Crippen LogP contribution in [0.2, 0.25) is 0 Å². The summed E-state index contributed by atoms with van der Waals surface area (Å²) in [5.41, 5.74) is 7.33. The zero-order valence-electron chi connectivity index (χ0n) is 13.2. The van der Waals surface area contributed by atoms with Crippen molar-refractivity contribution in [1.29, 1.82) is 5.26 Å². The van der Waals surface area contributed by atoms with E-state index in [4.69, 9.17) is 11.0 Å². The summed E-state index contributed by atoms with van der Waals surface area (Å²) >= 11 is 0. The molecular weight excluding hydrogens is 262 g/mol. The van der Waals surface area contributed by atoms with Gasteiger partial charge in [-0.1, -0.05) is 25.5 Å². The van der Waals surface area contributed by atoms with Crippen LogP contribution in [0.5, 0.6) is 0 Å². The van der Waals surface area contributed by atoms with Crippen LogP contribution in [0.3, 0.4) is 0 Å². The number of nitrogens with zero attached hydrogens (tertiary/aromatic N) is 2. The summed E-state index contributed by atoms with van der Waals surface area (Å²) < 4.78 is 0. The topological polar surface area (TPSA) is 70.1 Å². The lowest BCUT2D eigenvalue weighted by Gasteiger charge is -2.22. The predicted octanol–water partition coefficient (Wildman–Crippen LogP) is 2.67. The number of carbonyl (C=O) groups is 1. The average Bonchev–Trinajstić information content (AvgIpc) is 2.46. The Bertz CT molecular complexity index is 505. The number of amides is 1. The van der Waals surface area contributed by atoms with E-state index in [1.807, 2.05) is 39.1 Å². The number of hydrogen-bond donors (Lipinski definition) is 1. The van der Waals surface area contributed by atoms with E-state index in [0.717, 1.165) is 24.8 Å². The fourth-order valence-electron chi connectivity index (χ4n) is 2.34. The molecule has 4 heteroatoms. The molecule has 0 saturated heterocycles. The highest BCUT2D eigenvalue weighted by Gasteiger charge is 2.17. The Morgan fingerprint density at radius 1 is 1.38 bits per heavy atom. The Labute approximate surface area is 127 Å². The minimum atomic E-state index is 0.00731. The van der Waals surface area contributed by atoms with Crippen molar-refractivity contribution >= 4 is 5.91 Å². The van der Waals surface area contributed by atoms with E-state index < -0.39 is 0 Å². The molecule has 2 atom stereocenters. The van der Waals surface area contributed by atoms with Crippen molar-refractivity contribution in [3.05, 3.63) is 35.4 Å². The van der Waals surface area contributed by atoms with Gasteiger partial charge in [-0.3, -0.25) is 4.79 Å². The maximum absolute atomic E-state index is 12.3. The summed E-state index contributed by atoms with van der Waals surface area (Å²) in [6.45, 7) is 4.48. The lowest BCUT2D eigenvalue weighted by atomic mass is 10.0. The monoisotopic (exact) mass is 287 g/mol. The maximum Gasteiger partial charge on any atom is 0.225 e. The normalized spacial score (nSPS) is 13.3. The SMILES string of the molecule is CC(N)CCCC(C)C(=O)N(C)Cc1cccc(C#N)c1. The zero-order valence-corrected chi connectivity index (χ0v) is 13.2. The summed E-state index contributed by atoms with van der Waals surface area (Å²) in [5, 5.41) is 8.89. The lowest BCUT2D eigenvalue weighted by Crippen LogP contribution is -2.31. The third-order valence-electron chi connectivity index (χ3n) is 3.57. The van der Waals surface area contributed by atoms with Crippen LogP contribution in [0, 0.1) is 17.2 Å². The molecule has 21 heavy (non-hydrogen) atoms. The van der Waals surface area contributed by atoms with E-state index in [1.165, 1.54) is 0 Å². The number of nitriles is 1. The van der Waals surface area contributed by atoms with Crippen LogP contribution in [-0.2, 0) is 11.3 Å². The Kier molecular flexibility index (Phi) is 6.90. The van der Waals surface area contributed by atoms with Crippen molar-refractivity contribution in [2.75, 3.05) is 7.05 Å². The van der Waals surface area contributed by atoms with Crippen LogP contribution in [-0.4, -0.2) is 23.9 Å². The number of rotatable bonds is 7. The van der Waals surface area contributed by atoms with E-state index in [9.17, 15) is 4.79 Å². The molecule has 2 unspecified atom stereocenters. The van der Waals surface area contributed by atoms with Gasteiger partial charge in [0.1, 0.15) is 0 Å². The molecule has 0 heterocycles. The first kappa shape index (κ1) is 17.2. The van der Waals surface area contributed by atoms with Crippen LogP contribution >= 0.6 is 0 Å². The molecule has 0 saturated carbocycles. The van der Waals surface area contributed by atoms with Gasteiger partial charge in [0, 0.05) is 25.6 Å². The molecule has 0 bridgehead atoms. The molecule has 1 aromatic carbocycles. The Hall–Kier alpha value is -1.86. The van der Waals surface area contributed by atoms with E-state index in [-0.39, 0.29) is 17.9 Å². The van der Waals surface area contributed by atoms with Crippen LogP contribution in [0.1, 0.15) is 44.2 Å². The molecule has 1 rings (SSSR count). The minimum absolute atomic E-state index is 0.00731. The molecule has 0 radical (unpaired) electrons. The number of carbonyl (C=O) groups excluding carboxylic acids is 1. The van der Waals surface area contributed by atoms with E-state index in [2.05, 4.69) is 6.07 Å². The van der Waals surface area contributed by atoms with Crippen LogP contribution in [0.25, 0.3) is 0 Å². The summed E-state index contributed by atoms with van der Waals surface area (Å²) in [5.74, 6) is 0.148. The second kappa shape index (κ2) is 8.43. The van der Waals surface area contributed by atoms with Crippen molar-refractivity contribution in [1.82, 2.24) is 4.90 Å². The van der Waals surface area contributed by atoms with Gasteiger partial charge in [-0.2, -0.15) is 5.26 Å². The second-order valence-electron chi connectivity index (χ2n) is 5.82. The van der Waals surface area contributed by atoms with Gasteiger partial charge in [0.25, 0.3) is 0 Å². The van der Waals surface area contributed by atoms with Gasteiger partial charge < -0.3 is 10.6 Å². The van der Waals surface area contributed by atoms with Gasteiger partial charge in [-0.15, -0.1) is 0 Å². The molecule has 0 aromatic heterocycles. The van der Waals surface area contributed by atoms with E-state index in [0.29, 0.717) is 12.1 Å².